The first-order chi connectivity index (χ1) is 5.35. The SMILES string of the molecule is CCCNC(C[SiH3])NCCC. The summed E-state index contributed by atoms with van der Waals surface area (Å²) in [6, 6.07) is 1.31. The average Bonchev–Trinajstić information content (AvgIpc) is 2.05. The van der Waals surface area contributed by atoms with Gasteiger partial charge in [-0.2, -0.15) is 0 Å². The van der Waals surface area contributed by atoms with Gasteiger partial charge in [-0.1, -0.05) is 13.8 Å². The van der Waals surface area contributed by atoms with Crippen LogP contribution < -0.4 is 10.6 Å². The minimum atomic E-state index is 0.585. The third-order valence-corrected chi connectivity index (χ3v) is 2.51. The van der Waals surface area contributed by atoms with Crippen molar-refractivity contribution in [3.05, 3.63) is 0 Å². The first kappa shape index (κ1) is 11.1. The Bertz CT molecular complexity index is 70.5. The normalized spacial score (nSPS) is 11.2. The average molecular weight is 174 g/mol. The van der Waals surface area contributed by atoms with E-state index in [9.17, 15) is 0 Å². The molecule has 0 bridgehead atoms. The molecule has 0 rings (SSSR count). The zero-order valence-corrected chi connectivity index (χ0v) is 10.1. The highest BCUT2D eigenvalue weighted by Gasteiger charge is 2.00. The van der Waals surface area contributed by atoms with E-state index in [0.29, 0.717) is 6.17 Å². The molecule has 68 valence electrons. The second-order valence-corrected chi connectivity index (χ2v) is 3.69. The maximum atomic E-state index is 3.48. The third kappa shape index (κ3) is 6.53. The zero-order chi connectivity index (χ0) is 8.53. The summed E-state index contributed by atoms with van der Waals surface area (Å²) < 4.78 is 0. The number of rotatable bonds is 7. The van der Waals surface area contributed by atoms with Crippen molar-refractivity contribution >= 4 is 10.2 Å². The third-order valence-electron chi connectivity index (χ3n) is 1.69. The Morgan fingerprint density at radius 2 is 1.55 bits per heavy atom. The van der Waals surface area contributed by atoms with Crippen LogP contribution in [0.25, 0.3) is 0 Å². The van der Waals surface area contributed by atoms with Crippen LogP contribution in [0.3, 0.4) is 0 Å². The van der Waals surface area contributed by atoms with Crippen molar-refractivity contribution in [2.24, 2.45) is 0 Å². The molecule has 0 aliphatic heterocycles. The van der Waals surface area contributed by atoms with Gasteiger partial charge in [0.15, 0.2) is 0 Å². The molecule has 0 spiro atoms. The van der Waals surface area contributed by atoms with E-state index in [1.165, 1.54) is 29.1 Å². The Morgan fingerprint density at radius 1 is 1.09 bits per heavy atom. The minimum Gasteiger partial charge on any atom is -0.302 e. The summed E-state index contributed by atoms with van der Waals surface area (Å²) in [4.78, 5) is 0. The van der Waals surface area contributed by atoms with Crippen molar-refractivity contribution in [2.75, 3.05) is 13.1 Å². The first-order valence-electron chi connectivity index (χ1n) is 4.81. The van der Waals surface area contributed by atoms with Crippen molar-refractivity contribution in [3.63, 3.8) is 0 Å². The molecule has 0 aromatic rings. The first-order valence-corrected chi connectivity index (χ1v) is 6.23. The number of hydrogen-bond acceptors (Lipinski definition) is 2. The molecule has 0 aliphatic rings. The van der Waals surface area contributed by atoms with E-state index in [2.05, 4.69) is 24.5 Å². The largest absolute Gasteiger partial charge is 0.302 e. The molecule has 0 aromatic carbocycles. The Balaban J connectivity index is 3.25. The van der Waals surface area contributed by atoms with Crippen LogP contribution in [0.5, 0.6) is 0 Å². The lowest BCUT2D eigenvalue weighted by Gasteiger charge is -2.17. The fraction of sp³-hybridized carbons (Fsp3) is 1.00. The van der Waals surface area contributed by atoms with Crippen LogP contribution in [0.1, 0.15) is 26.7 Å². The van der Waals surface area contributed by atoms with Gasteiger partial charge in [0.1, 0.15) is 0 Å². The van der Waals surface area contributed by atoms with Gasteiger partial charge >= 0.3 is 0 Å². The number of nitrogens with one attached hydrogen (secondary N) is 2. The lowest BCUT2D eigenvalue weighted by atomic mass is 10.4. The summed E-state index contributed by atoms with van der Waals surface area (Å²) >= 11 is 0. The lowest BCUT2D eigenvalue weighted by molar-refractivity contribution is 0.454. The van der Waals surface area contributed by atoms with Gasteiger partial charge in [-0.3, -0.25) is 0 Å². The van der Waals surface area contributed by atoms with Crippen LogP contribution in [-0.4, -0.2) is 29.5 Å². The molecular formula is C8H22N2Si. The highest BCUT2D eigenvalue weighted by molar-refractivity contribution is 6.08. The van der Waals surface area contributed by atoms with Crippen molar-refractivity contribution in [2.45, 2.75) is 38.9 Å². The van der Waals surface area contributed by atoms with Gasteiger partial charge in [-0.05, 0) is 32.0 Å². The molecule has 2 N–H and O–H groups in total. The molecule has 2 nitrogen and oxygen atoms in total. The predicted octanol–water partition coefficient (Wildman–Crippen LogP) is 0.0954. The molecule has 0 fully saturated rings. The van der Waals surface area contributed by atoms with Crippen LogP contribution in [-0.2, 0) is 0 Å². The zero-order valence-electron chi connectivity index (χ0n) is 8.11. The molecule has 0 amide bonds. The molecule has 0 saturated carbocycles. The highest BCUT2D eigenvalue weighted by Crippen LogP contribution is 1.85. The predicted molar refractivity (Wildman–Crippen MR) is 55.1 cm³/mol. The van der Waals surface area contributed by atoms with Gasteiger partial charge in [0.05, 0.1) is 6.17 Å². The highest BCUT2D eigenvalue weighted by atomic mass is 28.1. The fourth-order valence-electron chi connectivity index (χ4n) is 0.998. The lowest BCUT2D eigenvalue weighted by Crippen LogP contribution is -2.42. The molecule has 0 saturated heterocycles. The molecule has 0 aromatic heterocycles. The van der Waals surface area contributed by atoms with Gasteiger partial charge < -0.3 is 10.6 Å². The summed E-state index contributed by atoms with van der Waals surface area (Å²) in [6.07, 6.45) is 3.04. The summed E-state index contributed by atoms with van der Waals surface area (Å²) in [5.74, 6) is 0. The molecule has 0 radical (unpaired) electrons. The van der Waals surface area contributed by atoms with E-state index in [-0.39, 0.29) is 0 Å². The Kier molecular flexibility index (Phi) is 8.34. The van der Waals surface area contributed by atoms with Crippen molar-refractivity contribution in [1.29, 1.82) is 0 Å². The van der Waals surface area contributed by atoms with E-state index >= 15 is 0 Å². The Hall–Kier alpha value is 0.137. The van der Waals surface area contributed by atoms with Gasteiger partial charge in [-0.25, -0.2) is 0 Å². The van der Waals surface area contributed by atoms with Gasteiger partial charge in [0.2, 0.25) is 0 Å². The second kappa shape index (κ2) is 8.24. The summed E-state index contributed by atoms with van der Waals surface area (Å²) in [5, 5.41) is 6.96. The van der Waals surface area contributed by atoms with Crippen LogP contribution in [0, 0.1) is 0 Å². The van der Waals surface area contributed by atoms with Crippen molar-refractivity contribution in [3.8, 4) is 0 Å². The molecule has 11 heavy (non-hydrogen) atoms. The van der Waals surface area contributed by atoms with Crippen LogP contribution in [0.15, 0.2) is 0 Å². The van der Waals surface area contributed by atoms with Crippen LogP contribution >= 0.6 is 0 Å². The second-order valence-electron chi connectivity index (χ2n) is 2.87. The molecular weight excluding hydrogens is 152 g/mol. The van der Waals surface area contributed by atoms with Gasteiger partial charge in [0, 0.05) is 10.2 Å². The smallest absolute Gasteiger partial charge is 0.0539 e. The topological polar surface area (TPSA) is 24.1 Å². The van der Waals surface area contributed by atoms with E-state index < -0.39 is 0 Å². The Morgan fingerprint density at radius 3 is 1.82 bits per heavy atom. The van der Waals surface area contributed by atoms with Gasteiger partial charge in [-0.15, -0.1) is 0 Å². The van der Waals surface area contributed by atoms with Crippen LogP contribution in [0.2, 0.25) is 6.04 Å². The quantitative estimate of drug-likeness (QED) is 0.422. The van der Waals surface area contributed by atoms with Crippen molar-refractivity contribution < 1.29 is 0 Å². The maximum Gasteiger partial charge on any atom is 0.0539 e. The molecule has 3 heteroatoms. The van der Waals surface area contributed by atoms with Gasteiger partial charge in [0.25, 0.3) is 0 Å². The molecule has 0 aliphatic carbocycles. The van der Waals surface area contributed by atoms with E-state index in [1.807, 2.05) is 0 Å². The van der Waals surface area contributed by atoms with E-state index in [0.717, 1.165) is 13.1 Å². The summed E-state index contributed by atoms with van der Waals surface area (Å²) in [6.45, 7) is 6.70. The molecule has 0 atom stereocenters. The fourth-order valence-corrected chi connectivity index (χ4v) is 1.58. The standard InChI is InChI=1S/C8H22N2Si/c1-3-5-9-8(7-11)10-6-4-2/h8-10H,3-7H2,1-2,11H3. The Labute approximate surface area is 73.6 Å². The van der Waals surface area contributed by atoms with E-state index in [1.54, 1.807) is 0 Å². The molecule has 0 unspecified atom stereocenters. The maximum absolute atomic E-state index is 3.48. The van der Waals surface area contributed by atoms with Crippen LogP contribution in [0.4, 0.5) is 0 Å². The summed E-state index contributed by atoms with van der Waals surface area (Å²) in [5.41, 5.74) is 0. The summed E-state index contributed by atoms with van der Waals surface area (Å²) in [7, 11) is 1.28. The monoisotopic (exact) mass is 174 g/mol. The number of hydrogen-bond donors (Lipinski definition) is 2. The molecule has 0 heterocycles. The van der Waals surface area contributed by atoms with E-state index in [4.69, 9.17) is 0 Å². The van der Waals surface area contributed by atoms with Crippen molar-refractivity contribution in [1.82, 2.24) is 10.6 Å². The minimum absolute atomic E-state index is 0.585.